The van der Waals surface area contributed by atoms with Crippen molar-refractivity contribution in [3.63, 3.8) is 0 Å². The summed E-state index contributed by atoms with van der Waals surface area (Å²) in [7, 11) is 0. The first kappa shape index (κ1) is 12.9. The molecule has 1 aromatic rings. The zero-order chi connectivity index (χ0) is 12.0. The molecule has 1 atom stereocenters. The minimum absolute atomic E-state index is 0.00632. The summed E-state index contributed by atoms with van der Waals surface area (Å²) in [6, 6.07) is 3.19. The molecule has 0 aromatic carbocycles. The van der Waals surface area contributed by atoms with Crippen molar-refractivity contribution in [1.82, 2.24) is 10.3 Å². The predicted octanol–water partition coefficient (Wildman–Crippen LogP) is 1.63. The van der Waals surface area contributed by atoms with Crippen molar-refractivity contribution >= 4 is 17.5 Å². The number of rotatable bonds is 5. The number of aliphatic hydroxyl groups is 1. The van der Waals surface area contributed by atoms with Gasteiger partial charge >= 0.3 is 0 Å². The summed E-state index contributed by atoms with van der Waals surface area (Å²) in [5.74, 6) is -0.190. The SMILES string of the molecule is CCC(CCO)NC(=O)c1ccc(Cl)nc1. The molecule has 88 valence electrons. The Kier molecular flexibility index (Phi) is 5.22. The van der Waals surface area contributed by atoms with Crippen LogP contribution in [0, 0.1) is 0 Å². The summed E-state index contributed by atoms with van der Waals surface area (Å²) < 4.78 is 0. The summed E-state index contributed by atoms with van der Waals surface area (Å²) in [6.45, 7) is 2.03. The van der Waals surface area contributed by atoms with Gasteiger partial charge in [0, 0.05) is 18.8 Å². The summed E-state index contributed by atoms with van der Waals surface area (Å²) in [5, 5.41) is 12.0. The number of hydrogen-bond acceptors (Lipinski definition) is 3. The molecule has 0 saturated heterocycles. The number of carbonyl (C=O) groups excluding carboxylic acids is 1. The molecule has 0 spiro atoms. The number of nitrogens with one attached hydrogen (secondary N) is 1. The average molecular weight is 243 g/mol. The maximum absolute atomic E-state index is 11.7. The molecule has 0 aliphatic rings. The predicted molar refractivity (Wildman–Crippen MR) is 62.5 cm³/mol. The van der Waals surface area contributed by atoms with E-state index in [1.807, 2.05) is 6.92 Å². The maximum atomic E-state index is 11.7. The van der Waals surface area contributed by atoms with Crippen LogP contribution >= 0.6 is 11.6 Å². The molecule has 0 aliphatic heterocycles. The lowest BCUT2D eigenvalue weighted by atomic mass is 10.1. The van der Waals surface area contributed by atoms with Gasteiger partial charge in [-0.15, -0.1) is 0 Å². The van der Waals surface area contributed by atoms with E-state index in [0.29, 0.717) is 17.1 Å². The minimum Gasteiger partial charge on any atom is -0.396 e. The van der Waals surface area contributed by atoms with Crippen molar-refractivity contribution < 1.29 is 9.90 Å². The molecule has 1 amide bonds. The molecule has 4 nitrogen and oxygen atoms in total. The van der Waals surface area contributed by atoms with Crippen molar-refractivity contribution in [3.8, 4) is 0 Å². The average Bonchev–Trinajstić information content (AvgIpc) is 2.29. The molecule has 16 heavy (non-hydrogen) atoms. The monoisotopic (exact) mass is 242 g/mol. The lowest BCUT2D eigenvalue weighted by Gasteiger charge is -2.15. The normalized spacial score (nSPS) is 12.2. The van der Waals surface area contributed by atoms with Crippen LogP contribution in [-0.4, -0.2) is 28.6 Å². The molecule has 0 radical (unpaired) electrons. The van der Waals surface area contributed by atoms with E-state index in [9.17, 15) is 4.79 Å². The Bertz CT molecular complexity index is 340. The van der Waals surface area contributed by atoms with Crippen molar-refractivity contribution in [3.05, 3.63) is 29.0 Å². The van der Waals surface area contributed by atoms with Crippen LogP contribution in [0.1, 0.15) is 30.1 Å². The van der Waals surface area contributed by atoms with E-state index >= 15 is 0 Å². The lowest BCUT2D eigenvalue weighted by Crippen LogP contribution is -2.35. The van der Waals surface area contributed by atoms with Gasteiger partial charge in [0.15, 0.2) is 0 Å². The van der Waals surface area contributed by atoms with Crippen LogP contribution < -0.4 is 5.32 Å². The topological polar surface area (TPSA) is 62.2 Å². The van der Waals surface area contributed by atoms with Gasteiger partial charge in [-0.3, -0.25) is 4.79 Å². The summed E-state index contributed by atoms with van der Waals surface area (Å²) in [4.78, 5) is 15.6. The number of aromatic nitrogens is 1. The van der Waals surface area contributed by atoms with Crippen molar-refractivity contribution in [1.29, 1.82) is 0 Å². The number of carbonyl (C=O) groups is 1. The summed E-state index contributed by atoms with van der Waals surface area (Å²) >= 11 is 5.62. The highest BCUT2D eigenvalue weighted by molar-refractivity contribution is 6.29. The van der Waals surface area contributed by atoms with E-state index in [2.05, 4.69) is 10.3 Å². The van der Waals surface area contributed by atoms with E-state index in [1.165, 1.54) is 6.20 Å². The minimum atomic E-state index is -0.190. The molecular formula is C11H15ClN2O2. The van der Waals surface area contributed by atoms with Crippen molar-refractivity contribution in [2.45, 2.75) is 25.8 Å². The van der Waals surface area contributed by atoms with Crippen LogP contribution in [0.3, 0.4) is 0 Å². The molecular weight excluding hydrogens is 228 g/mol. The van der Waals surface area contributed by atoms with Crippen LogP contribution in [0.5, 0.6) is 0 Å². The Balaban J connectivity index is 2.60. The number of pyridine rings is 1. The van der Waals surface area contributed by atoms with Crippen LogP contribution in [0.15, 0.2) is 18.3 Å². The Morgan fingerprint density at radius 3 is 2.88 bits per heavy atom. The van der Waals surface area contributed by atoms with E-state index < -0.39 is 0 Å². The fourth-order valence-electron chi connectivity index (χ4n) is 1.31. The second-order valence-electron chi connectivity index (χ2n) is 3.46. The number of amides is 1. The van der Waals surface area contributed by atoms with Gasteiger partial charge in [-0.1, -0.05) is 18.5 Å². The fraction of sp³-hybridized carbons (Fsp3) is 0.455. The van der Waals surface area contributed by atoms with Gasteiger partial charge in [-0.2, -0.15) is 0 Å². The number of aliphatic hydroxyl groups excluding tert-OH is 1. The summed E-state index contributed by atoms with van der Waals surface area (Å²) in [6.07, 6.45) is 2.78. The van der Waals surface area contributed by atoms with E-state index in [-0.39, 0.29) is 18.6 Å². The molecule has 0 fully saturated rings. The molecule has 1 aromatic heterocycles. The van der Waals surface area contributed by atoms with Gasteiger partial charge in [0.25, 0.3) is 5.91 Å². The van der Waals surface area contributed by atoms with Gasteiger partial charge in [-0.25, -0.2) is 4.98 Å². The number of halogens is 1. The highest BCUT2D eigenvalue weighted by Gasteiger charge is 2.11. The number of hydrogen-bond donors (Lipinski definition) is 2. The van der Waals surface area contributed by atoms with Crippen LogP contribution in [0.4, 0.5) is 0 Å². The molecule has 0 saturated carbocycles. The second kappa shape index (κ2) is 6.45. The standard InChI is InChI=1S/C11H15ClN2O2/c1-2-9(5-6-15)14-11(16)8-3-4-10(12)13-7-8/h3-4,7,9,15H,2,5-6H2,1H3,(H,14,16). The van der Waals surface area contributed by atoms with Crippen LogP contribution in [-0.2, 0) is 0 Å². The molecule has 2 N–H and O–H groups in total. The smallest absolute Gasteiger partial charge is 0.253 e. The largest absolute Gasteiger partial charge is 0.396 e. The quantitative estimate of drug-likeness (QED) is 0.772. The van der Waals surface area contributed by atoms with Crippen molar-refractivity contribution in [2.75, 3.05) is 6.61 Å². The Morgan fingerprint density at radius 2 is 2.38 bits per heavy atom. The molecule has 1 rings (SSSR count). The van der Waals surface area contributed by atoms with Gasteiger partial charge < -0.3 is 10.4 Å². The van der Waals surface area contributed by atoms with Crippen molar-refractivity contribution in [2.24, 2.45) is 0 Å². The van der Waals surface area contributed by atoms with Crippen LogP contribution in [0.25, 0.3) is 0 Å². The third-order valence-electron chi connectivity index (χ3n) is 2.30. The third kappa shape index (κ3) is 3.79. The highest BCUT2D eigenvalue weighted by Crippen LogP contribution is 2.06. The first-order chi connectivity index (χ1) is 7.67. The van der Waals surface area contributed by atoms with Gasteiger partial charge in [0.05, 0.1) is 5.56 Å². The molecule has 5 heteroatoms. The Hall–Kier alpha value is -1.13. The van der Waals surface area contributed by atoms with E-state index in [0.717, 1.165) is 6.42 Å². The molecule has 1 unspecified atom stereocenters. The van der Waals surface area contributed by atoms with Gasteiger partial charge in [-0.05, 0) is 25.0 Å². The van der Waals surface area contributed by atoms with E-state index in [1.54, 1.807) is 12.1 Å². The molecule has 1 heterocycles. The molecule has 0 bridgehead atoms. The van der Waals surface area contributed by atoms with Crippen LogP contribution in [0.2, 0.25) is 5.15 Å². The zero-order valence-electron chi connectivity index (χ0n) is 9.11. The first-order valence-corrected chi connectivity index (χ1v) is 5.58. The Morgan fingerprint density at radius 1 is 1.62 bits per heavy atom. The van der Waals surface area contributed by atoms with Gasteiger partial charge in [0.1, 0.15) is 5.15 Å². The molecule has 0 aliphatic carbocycles. The summed E-state index contributed by atoms with van der Waals surface area (Å²) in [5.41, 5.74) is 0.473. The van der Waals surface area contributed by atoms with E-state index in [4.69, 9.17) is 16.7 Å². The van der Waals surface area contributed by atoms with Gasteiger partial charge in [0.2, 0.25) is 0 Å². The fourth-order valence-corrected chi connectivity index (χ4v) is 1.42. The maximum Gasteiger partial charge on any atom is 0.253 e. The third-order valence-corrected chi connectivity index (χ3v) is 2.52. The Labute approximate surface area is 99.6 Å². The lowest BCUT2D eigenvalue weighted by molar-refractivity contribution is 0.0929. The second-order valence-corrected chi connectivity index (χ2v) is 3.85. The highest BCUT2D eigenvalue weighted by atomic mass is 35.5. The first-order valence-electron chi connectivity index (χ1n) is 5.20. The zero-order valence-corrected chi connectivity index (χ0v) is 9.87. The number of nitrogens with zero attached hydrogens (tertiary/aromatic N) is 1.